The van der Waals surface area contributed by atoms with Crippen LogP contribution in [0.15, 0.2) is 53.7 Å². The van der Waals surface area contributed by atoms with Gasteiger partial charge in [-0.2, -0.15) is 9.98 Å². The van der Waals surface area contributed by atoms with Crippen molar-refractivity contribution in [2.75, 3.05) is 20.2 Å². The van der Waals surface area contributed by atoms with Crippen molar-refractivity contribution in [2.24, 2.45) is 5.92 Å². The largest absolute Gasteiger partial charge is 0.469 e. The Morgan fingerprint density at radius 2 is 2.00 bits per heavy atom. The summed E-state index contributed by atoms with van der Waals surface area (Å²) in [5, 5.41) is 9.85. The second kappa shape index (κ2) is 11.0. The third-order valence-corrected chi connectivity index (χ3v) is 8.18. The van der Waals surface area contributed by atoms with Crippen molar-refractivity contribution in [1.82, 2.24) is 19.2 Å². The second-order valence-corrected chi connectivity index (χ2v) is 10.6. The lowest BCUT2D eigenvalue weighted by Crippen LogP contribution is -2.51. The van der Waals surface area contributed by atoms with Crippen LogP contribution in [0.2, 0.25) is 0 Å². The number of nitrogens with zero attached hydrogens (tertiary/aromatic N) is 3. The molecule has 2 aromatic heterocycles. The van der Waals surface area contributed by atoms with Gasteiger partial charge in [-0.1, -0.05) is 6.07 Å². The lowest BCUT2D eigenvalue weighted by atomic mass is 9.93. The van der Waals surface area contributed by atoms with Crippen molar-refractivity contribution in [3.05, 3.63) is 54.5 Å². The van der Waals surface area contributed by atoms with Crippen LogP contribution in [-0.2, 0) is 30.9 Å². The van der Waals surface area contributed by atoms with Crippen molar-refractivity contribution in [3.8, 4) is 6.07 Å². The molecule has 190 valence electrons. The summed E-state index contributed by atoms with van der Waals surface area (Å²) < 4.78 is 35.9. The number of fused-ring (bicyclic) bond motifs is 1. The van der Waals surface area contributed by atoms with E-state index in [1.807, 2.05) is 0 Å². The number of carbonyl (C=O) groups excluding carboxylic acids is 2. The topological polar surface area (TPSA) is 137 Å². The minimum Gasteiger partial charge on any atom is -0.469 e. The van der Waals surface area contributed by atoms with Gasteiger partial charge in [-0.3, -0.25) is 9.59 Å². The fourth-order valence-electron chi connectivity index (χ4n) is 4.65. The lowest BCUT2D eigenvalue weighted by molar-refractivity contribution is -0.142. The predicted octanol–water partition coefficient (Wildman–Crippen LogP) is 2.38. The van der Waals surface area contributed by atoms with Crippen LogP contribution in [-0.4, -0.2) is 61.0 Å². The number of nitrogens with one attached hydrogen (secondary N) is 2. The molecule has 11 heteroatoms. The molecule has 4 rings (SSSR count). The van der Waals surface area contributed by atoms with Gasteiger partial charge < -0.3 is 19.2 Å². The zero-order valence-electron chi connectivity index (χ0n) is 20.0. The molecule has 1 fully saturated rings. The molecule has 1 atom stereocenters. The molecule has 0 radical (unpaired) electrons. The van der Waals surface area contributed by atoms with E-state index in [9.17, 15) is 23.3 Å². The van der Waals surface area contributed by atoms with Crippen molar-refractivity contribution < 1.29 is 22.7 Å². The number of aromatic amines is 1. The lowest BCUT2D eigenvalue weighted by Gasteiger charge is -2.34. The number of amides is 1. The monoisotopic (exact) mass is 511 g/mol. The number of nitriles is 1. The molecule has 1 aromatic carbocycles. The number of benzene rings is 1. The maximum atomic E-state index is 13.5. The minimum atomic E-state index is -4.03. The van der Waals surface area contributed by atoms with Crippen molar-refractivity contribution >= 4 is 32.8 Å². The van der Waals surface area contributed by atoms with Gasteiger partial charge in [-0.15, -0.1) is 0 Å². The van der Waals surface area contributed by atoms with Crippen LogP contribution in [0.3, 0.4) is 0 Å². The molecule has 0 spiro atoms. The molecule has 10 nitrogen and oxygen atoms in total. The fraction of sp³-hybridized carbons (Fsp3) is 0.400. The molecular formula is C25H29N5O5S. The Bertz CT molecular complexity index is 1380. The van der Waals surface area contributed by atoms with Crippen molar-refractivity contribution in [2.45, 2.75) is 43.2 Å². The Labute approximate surface area is 209 Å². The van der Waals surface area contributed by atoms with Crippen LogP contribution in [0.1, 0.15) is 31.4 Å². The van der Waals surface area contributed by atoms with Crippen LogP contribution in [0, 0.1) is 17.2 Å². The standard InChI is InChI=1S/C25H29N5O5S/c1-35-24(31)16-18-8-13-30(14-9-18)25(32)22(10-15-29-12-3-4-19(29)17-26)28-36(33,34)23-6-2-5-21-20(23)7-11-27-21/h2-7,11-12,18,22,27-28H,8-10,13-16H2,1H3. The molecule has 0 aliphatic carbocycles. The van der Waals surface area contributed by atoms with Crippen LogP contribution >= 0.6 is 0 Å². The molecule has 1 aliphatic rings. The number of aryl methyl sites for hydroxylation is 1. The van der Waals surface area contributed by atoms with Crippen LogP contribution in [0.4, 0.5) is 0 Å². The summed E-state index contributed by atoms with van der Waals surface area (Å²) >= 11 is 0. The Morgan fingerprint density at radius 1 is 1.22 bits per heavy atom. The fourth-order valence-corrected chi connectivity index (χ4v) is 6.10. The third-order valence-electron chi connectivity index (χ3n) is 6.65. The molecule has 1 unspecified atom stereocenters. The second-order valence-electron chi connectivity index (χ2n) is 8.91. The Morgan fingerprint density at radius 3 is 2.72 bits per heavy atom. The van der Waals surface area contributed by atoms with Crippen molar-refractivity contribution in [3.63, 3.8) is 0 Å². The number of esters is 1. The quantitative estimate of drug-likeness (QED) is 0.423. The number of aromatic nitrogens is 2. The summed E-state index contributed by atoms with van der Waals surface area (Å²) in [7, 11) is -2.67. The van der Waals surface area contributed by atoms with Gasteiger partial charge in [0.25, 0.3) is 0 Å². The average Bonchev–Trinajstić information content (AvgIpc) is 3.55. The Hall–Kier alpha value is -3.62. The number of hydrogen-bond donors (Lipinski definition) is 2. The normalized spacial score (nSPS) is 15.5. The first-order valence-corrected chi connectivity index (χ1v) is 13.3. The number of hydrogen-bond acceptors (Lipinski definition) is 6. The minimum absolute atomic E-state index is 0.0921. The summed E-state index contributed by atoms with van der Waals surface area (Å²) in [6, 6.07) is 11.1. The van der Waals surface area contributed by atoms with E-state index >= 15 is 0 Å². The summed E-state index contributed by atoms with van der Waals surface area (Å²) in [5.74, 6) is -0.465. The summed E-state index contributed by atoms with van der Waals surface area (Å²) in [5.41, 5.74) is 1.12. The van der Waals surface area contributed by atoms with Crippen LogP contribution in [0.5, 0.6) is 0 Å². The summed E-state index contributed by atoms with van der Waals surface area (Å²) in [6.45, 7) is 1.15. The van der Waals surface area contributed by atoms with Gasteiger partial charge in [0.1, 0.15) is 17.8 Å². The summed E-state index contributed by atoms with van der Waals surface area (Å²) in [6.07, 6.45) is 5.15. The molecule has 0 bridgehead atoms. The van der Waals surface area contributed by atoms with E-state index in [2.05, 4.69) is 15.8 Å². The highest BCUT2D eigenvalue weighted by atomic mass is 32.2. The molecule has 1 saturated heterocycles. The highest BCUT2D eigenvalue weighted by molar-refractivity contribution is 7.89. The van der Waals surface area contributed by atoms with E-state index in [0.29, 0.717) is 55.5 Å². The smallest absolute Gasteiger partial charge is 0.305 e. The van der Waals surface area contributed by atoms with Gasteiger partial charge in [0, 0.05) is 49.4 Å². The number of carbonyl (C=O) groups is 2. The van der Waals surface area contributed by atoms with Crippen molar-refractivity contribution in [1.29, 1.82) is 5.26 Å². The number of rotatable bonds is 9. The van der Waals surface area contributed by atoms with Gasteiger partial charge >= 0.3 is 5.97 Å². The van der Waals surface area contributed by atoms with E-state index in [-0.39, 0.29) is 29.1 Å². The van der Waals surface area contributed by atoms with E-state index in [0.717, 1.165) is 0 Å². The summed E-state index contributed by atoms with van der Waals surface area (Å²) in [4.78, 5) is 29.9. The first kappa shape index (κ1) is 25.5. The first-order valence-electron chi connectivity index (χ1n) is 11.8. The number of ether oxygens (including phenoxy) is 1. The van der Waals surface area contributed by atoms with E-state index in [1.165, 1.54) is 13.2 Å². The zero-order chi connectivity index (χ0) is 25.7. The SMILES string of the molecule is COC(=O)CC1CCN(C(=O)C(CCn2cccc2C#N)NS(=O)(=O)c2cccc3[nH]ccc23)CC1. The molecule has 3 heterocycles. The highest BCUT2D eigenvalue weighted by Gasteiger charge is 2.32. The van der Waals surface area contributed by atoms with E-state index in [4.69, 9.17) is 4.74 Å². The van der Waals surface area contributed by atoms with Crippen LogP contribution in [0.25, 0.3) is 10.9 Å². The molecule has 2 N–H and O–H groups in total. The maximum absolute atomic E-state index is 13.5. The molecule has 1 aliphatic heterocycles. The zero-order valence-corrected chi connectivity index (χ0v) is 20.8. The number of piperidine rings is 1. The highest BCUT2D eigenvalue weighted by Crippen LogP contribution is 2.24. The predicted molar refractivity (Wildman–Crippen MR) is 132 cm³/mol. The van der Waals surface area contributed by atoms with Gasteiger partial charge in [0.05, 0.1) is 12.0 Å². The number of sulfonamides is 1. The number of likely N-dealkylation sites (tertiary alicyclic amines) is 1. The van der Waals surface area contributed by atoms with Gasteiger partial charge in [-0.25, -0.2) is 8.42 Å². The maximum Gasteiger partial charge on any atom is 0.305 e. The number of H-pyrrole nitrogens is 1. The Kier molecular flexibility index (Phi) is 7.76. The average molecular weight is 512 g/mol. The molecular weight excluding hydrogens is 482 g/mol. The molecule has 1 amide bonds. The van der Waals surface area contributed by atoms with Gasteiger partial charge in [-0.05, 0) is 55.5 Å². The third kappa shape index (κ3) is 5.61. The molecule has 36 heavy (non-hydrogen) atoms. The first-order chi connectivity index (χ1) is 17.3. The Balaban J connectivity index is 1.53. The number of methoxy groups -OCH3 is 1. The van der Waals surface area contributed by atoms with Gasteiger partial charge in [0.2, 0.25) is 15.9 Å². The molecule has 0 saturated carbocycles. The molecule has 3 aromatic rings. The van der Waals surface area contributed by atoms with E-state index in [1.54, 1.807) is 52.2 Å². The van der Waals surface area contributed by atoms with Gasteiger partial charge in [0.15, 0.2) is 0 Å². The van der Waals surface area contributed by atoms with Crippen LogP contribution < -0.4 is 4.72 Å². The van der Waals surface area contributed by atoms with E-state index < -0.39 is 16.1 Å².